The number of anilines is 1. The third kappa shape index (κ3) is 3.24. The van der Waals surface area contributed by atoms with Gasteiger partial charge in [0.25, 0.3) is 0 Å². The Hall–Kier alpha value is -1.16. The van der Waals surface area contributed by atoms with E-state index in [1.54, 1.807) is 0 Å². The van der Waals surface area contributed by atoms with E-state index in [-0.39, 0.29) is 0 Å². The Morgan fingerprint density at radius 2 is 1.84 bits per heavy atom. The topological polar surface area (TPSA) is 55.0 Å². The molecule has 1 aromatic rings. The van der Waals surface area contributed by atoms with Crippen LogP contribution in [-0.4, -0.2) is 29.1 Å². The summed E-state index contributed by atoms with van der Waals surface area (Å²) in [4.78, 5) is 11.6. The highest BCUT2D eigenvalue weighted by Crippen LogP contribution is 2.29. The lowest BCUT2D eigenvalue weighted by molar-refractivity contribution is 0.298. The molecule has 1 aliphatic carbocycles. The quantitative estimate of drug-likeness (QED) is 0.905. The summed E-state index contributed by atoms with van der Waals surface area (Å²) in [5, 5.41) is 0. The predicted octanol–water partition coefficient (Wildman–Crippen LogP) is 2.44. The van der Waals surface area contributed by atoms with Crippen LogP contribution in [-0.2, 0) is 0 Å². The minimum Gasteiger partial charge on any atom is -0.338 e. The molecule has 1 aliphatic rings. The van der Waals surface area contributed by atoms with Gasteiger partial charge in [0, 0.05) is 24.0 Å². The first-order valence-corrected chi connectivity index (χ1v) is 7.44. The van der Waals surface area contributed by atoms with Gasteiger partial charge in [0.05, 0.1) is 0 Å². The van der Waals surface area contributed by atoms with Crippen molar-refractivity contribution >= 4 is 5.95 Å². The summed E-state index contributed by atoms with van der Waals surface area (Å²) in [5.74, 6) is 1.46. The Labute approximate surface area is 116 Å². The van der Waals surface area contributed by atoms with Crippen LogP contribution >= 0.6 is 0 Å². The van der Waals surface area contributed by atoms with Crippen LogP contribution in [0.15, 0.2) is 6.07 Å². The van der Waals surface area contributed by atoms with E-state index in [4.69, 9.17) is 5.73 Å². The van der Waals surface area contributed by atoms with Gasteiger partial charge in [0.2, 0.25) is 5.95 Å². The smallest absolute Gasteiger partial charge is 0.226 e. The van der Waals surface area contributed by atoms with Crippen LogP contribution in [0.3, 0.4) is 0 Å². The van der Waals surface area contributed by atoms with E-state index in [1.807, 2.05) is 19.9 Å². The number of hydrogen-bond acceptors (Lipinski definition) is 4. The summed E-state index contributed by atoms with van der Waals surface area (Å²) in [6.07, 6.45) is 5.06. The van der Waals surface area contributed by atoms with Crippen molar-refractivity contribution in [1.29, 1.82) is 0 Å². The van der Waals surface area contributed by atoms with E-state index < -0.39 is 0 Å². The van der Waals surface area contributed by atoms with Crippen molar-refractivity contribution in [2.24, 2.45) is 11.7 Å². The highest BCUT2D eigenvalue weighted by atomic mass is 15.3. The first-order chi connectivity index (χ1) is 9.15. The van der Waals surface area contributed by atoms with Crippen LogP contribution in [0, 0.1) is 19.8 Å². The second-order valence-electron chi connectivity index (χ2n) is 5.58. The molecule has 1 heterocycles. The molecule has 2 N–H and O–H groups in total. The van der Waals surface area contributed by atoms with Gasteiger partial charge in [-0.1, -0.05) is 12.8 Å². The lowest BCUT2D eigenvalue weighted by Gasteiger charge is -2.39. The predicted molar refractivity (Wildman–Crippen MR) is 79.3 cm³/mol. The molecule has 1 saturated carbocycles. The Morgan fingerprint density at radius 1 is 1.21 bits per heavy atom. The van der Waals surface area contributed by atoms with Crippen molar-refractivity contribution in [2.45, 2.75) is 52.5 Å². The van der Waals surface area contributed by atoms with E-state index in [2.05, 4.69) is 21.8 Å². The summed E-state index contributed by atoms with van der Waals surface area (Å²) >= 11 is 0. The first-order valence-electron chi connectivity index (χ1n) is 7.44. The number of aromatic nitrogens is 2. The summed E-state index contributed by atoms with van der Waals surface area (Å²) in [6.45, 7) is 7.97. The molecule has 106 valence electrons. The van der Waals surface area contributed by atoms with Gasteiger partial charge >= 0.3 is 0 Å². The second kappa shape index (κ2) is 6.33. The van der Waals surface area contributed by atoms with Crippen LogP contribution in [0.1, 0.15) is 44.0 Å². The fourth-order valence-electron chi connectivity index (χ4n) is 3.23. The van der Waals surface area contributed by atoms with Gasteiger partial charge in [0.15, 0.2) is 0 Å². The lowest BCUT2D eigenvalue weighted by atomic mass is 9.83. The SMILES string of the molecule is CCN(c1nc(C)cc(C)n1)C1CCCCC1CN. The minimum atomic E-state index is 0.505. The maximum Gasteiger partial charge on any atom is 0.226 e. The molecule has 1 aromatic heterocycles. The molecule has 0 amide bonds. The fraction of sp³-hybridized carbons (Fsp3) is 0.733. The molecule has 4 heteroatoms. The Morgan fingerprint density at radius 3 is 2.42 bits per heavy atom. The van der Waals surface area contributed by atoms with E-state index in [0.29, 0.717) is 12.0 Å². The third-order valence-electron chi connectivity index (χ3n) is 4.14. The number of nitrogens with zero attached hydrogens (tertiary/aromatic N) is 3. The zero-order valence-electron chi connectivity index (χ0n) is 12.4. The van der Waals surface area contributed by atoms with E-state index in [9.17, 15) is 0 Å². The fourth-order valence-corrected chi connectivity index (χ4v) is 3.23. The third-order valence-corrected chi connectivity index (χ3v) is 4.14. The van der Waals surface area contributed by atoms with E-state index in [0.717, 1.165) is 30.4 Å². The van der Waals surface area contributed by atoms with Crippen LogP contribution < -0.4 is 10.6 Å². The molecule has 4 nitrogen and oxygen atoms in total. The largest absolute Gasteiger partial charge is 0.338 e. The van der Waals surface area contributed by atoms with Gasteiger partial charge < -0.3 is 10.6 Å². The average Bonchev–Trinajstić information content (AvgIpc) is 2.39. The van der Waals surface area contributed by atoms with Crippen LogP contribution in [0.25, 0.3) is 0 Å². The Kier molecular flexibility index (Phi) is 4.75. The number of aryl methyl sites for hydroxylation is 2. The summed E-state index contributed by atoms with van der Waals surface area (Å²) in [7, 11) is 0. The first kappa shape index (κ1) is 14.3. The molecule has 0 aliphatic heterocycles. The standard InChI is InChI=1S/C15H26N4/c1-4-19(14-8-6-5-7-13(14)10-16)15-17-11(2)9-12(3)18-15/h9,13-14H,4-8,10,16H2,1-3H3. The zero-order valence-corrected chi connectivity index (χ0v) is 12.4. The molecule has 0 radical (unpaired) electrons. The molecule has 0 aromatic carbocycles. The second-order valence-corrected chi connectivity index (χ2v) is 5.58. The molecule has 19 heavy (non-hydrogen) atoms. The lowest BCUT2D eigenvalue weighted by Crippen LogP contribution is -2.46. The van der Waals surface area contributed by atoms with Gasteiger partial charge in [-0.05, 0) is 52.1 Å². The monoisotopic (exact) mass is 262 g/mol. The van der Waals surface area contributed by atoms with Crippen LogP contribution in [0.2, 0.25) is 0 Å². The Bertz CT molecular complexity index is 398. The number of nitrogens with two attached hydrogens (primary N) is 1. The van der Waals surface area contributed by atoms with Crippen molar-refractivity contribution in [3.05, 3.63) is 17.5 Å². The van der Waals surface area contributed by atoms with Crippen molar-refractivity contribution in [2.75, 3.05) is 18.0 Å². The highest BCUT2D eigenvalue weighted by Gasteiger charge is 2.30. The molecule has 2 rings (SSSR count). The summed E-state index contributed by atoms with van der Waals surface area (Å²) in [6, 6.07) is 2.53. The van der Waals surface area contributed by atoms with Gasteiger partial charge in [0.1, 0.15) is 0 Å². The van der Waals surface area contributed by atoms with Crippen molar-refractivity contribution in [1.82, 2.24) is 9.97 Å². The zero-order chi connectivity index (χ0) is 13.8. The minimum absolute atomic E-state index is 0.505. The van der Waals surface area contributed by atoms with Crippen LogP contribution in [0.5, 0.6) is 0 Å². The van der Waals surface area contributed by atoms with Crippen molar-refractivity contribution in [3.8, 4) is 0 Å². The van der Waals surface area contributed by atoms with Crippen molar-refractivity contribution < 1.29 is 0 Å². The maximum absolute atomic E-state index is 5.96. The molecule has 2 unspecified atom stereocenters. The van der Waals surface area contributed by atoms with Crippen LogP contribution in [0.4, 0.5) is 5.95 Å². The molecule has 2 atom stereocenters. The highest BCUT2D eigenvalue weighted by molar-refractivity contribution is 5.34. The molecule has 0 bridgehead atoms. The van der Waals surface area contributed by atoms with Gasteiger partial charge in [-0.25, -0.2) is 9.97 Å². The van der Waals surface area contributed by atoms with Gasteiger partial charge in [-0.2, -0.15) is 0 Å². The van der Waals surface area contributed by atoms with Gasteiger partial charge in [-0.3, -0.25) is 0 Å². The van der Waals surface area contributed by atoms with Crippen molar-refractivity contribution in [3.63, 3.8) is 0 Å². The van der Waals surface area contributed by atoms with Gasteiger partial charge in [-0.15, -0.1) is 0 Å². The number of hydrogen-bond donors (Lipinski definition) is 1. The molecule has 0 spiro atoms. The normalized spacial score (nSPS) is 23.4. The van der Waals surface area contributed by atoms with E-state index in [1.165, 1.54) is 25.7 Å². The maximum atomic E-state index is 5.96. The average molecular weight is 262 g/mol. The van der Waals surface area contributed by atoms with E-state index >= 15 is 0 Å². The Balaban J connectivity index is 2.27. The summed E-state index contributed by atoms with van der Waals surface area (Å²) in [5.41, 5.74) is 8.04. The molecule has 1 fully saturated rings. The summed E-state index contributed by atoms with van der Waals surface area (Å²) < 4.78 is 0. The molecule has 0 saturated heterocycles. The molecular formula is C15H26N4. The number of rotatable bonds is 4. The molecular weight excluding hydrogens is 236 g/mol.